The van der Waals surface area contributed by atoms with Gasteiger partial charge in [0, 0.05) is 24.9 Å². The molecule has 5 heteroatoms. The van der Waals surface area contributed by atoms with Gasteiger partial charge in [0.05, 0.1) is 18.8 Å². The van der Waals surface area contributed by atoms with Gasteiger partial charge >= 0.3 is 5.97 Å². The monoisotopic (exact) mass is 443 g/mol. The van der Waals surface area contributed by atoms with E-state index in [2.05, 4.69) is 55.3 Å². The van der Waals surface area contributed by atoms with Gasteiger partial charge in [-0.15, -0.1) is 0 Å². The summed E-state index contributed by atoms with van der Waals surface area (Å²) < 4.78 is 6.29. The van der Waals surface area contributed by atoms with Gasteiger partial charge in [0.15, 0.2) is 0 Å². The zero-order valence-electron chi connectivity index (χ0n) is 19.7. The van der Waals surface area contributed by atoms with Crippen molar-refractivity contribution in [1.29, 1.82) is 0 Å². The Labute approximate surface area is 193 Å². The molecule has 0 spiro atoms. The number of aliphatic hydroxyl groups is 1. The van der Waals surface area contributed by atoms with Crippen LogP contribution in [-0.2, 0) is 16.1 Å². The van der Waals surface area contributed by atoms with Gasteiger partial charge < -0.3 is 14.9 Å². The third-order valence-corrected chi connectivity index (χ3v) is 6.13. The maximum absolute atomic E-state index is 10.7. The summed E-state index contributed by atoms with van der Waals surface area (Å²) in [5.74, 6) is -0.478. The van der Waals surface area contributed by atoms with Gasteiger partial charge in [-0.1, -0.05) is 80.8 Å². The summed E-state index contributed by atoms with van der Waals surface area (Å²) in [4.78, 5) is 12.9. The number of carbonyl (C=O) groups is 1. The largest absolute Gasteiger partial charge is 0.481 e. The first-order valence-electron chi connectivity index (χ1n) is 12.1. The molecule has 0 saturated heterocycles. The van der Waals surface area contributed by atoms with Crippen molar-refractivity contribution < 1.29 is 19.7 Å². The normalized spacial score (nSPS) is 21.6. The Kier molecular flexibility index (Phi) is 12.3. The number of carboxylic acids is 1. The second-order valence-electron chi connectivity index (χ2n) is 8.88. The Balaban J connectivity index is 1.93. The highest BCUT2D eigenvalue weighted by Crippen LogP contribution is 2.30. The minimum absolute atomic E-state index is 0.0172. The van der Waals surface area contributed by atoms with Crippen molar-refractivity contribution in [3.05, 3.63) is 60.2 Å². The summed E-state index contributed by atoms with van der Waals surface area (Å²) in [5.41, 5.74) is 1.16. The van der Waals surface area contributed by atoms with Crippen molar-refractivity contribution in [2.75, 3.05) is 13.6 Å². The molecule has 32 heavy (non-hydrogen) atoms. The first kappa shape index (κ1) is 26.3. The Morgan fingerprint density at radius 2 is 1.94 bits per heavy atom. The highest BCUT2D eigenvalue weighted by atomic mass is 16.5. The predicted molar refractivity (Wildman–Crippen MR) is 129 cm³/mol. The number of aliphatic hydroxyl groups excluding tert-OH is 1. The van der Waals surface area contributed by atoms with Crippen molar-refractivity contribution in [3.8, 4) is 0 Å². The lowest BCUT2D eigenvalue weighted by Gasteiger charge is -2.32. The Morgan fingerprint density at radius 3 is 2.66 bits per heavy atom. The lowest BCUT2D eigenvalue weighted by atomic mass is 9.94. The highest BCUT2D eigenvalue weighted by molar-refractivity contribution is 5.66. The summed E-state index contributed by atoms with van der Waals surface area (Å²) in [5, 5.41) is 19.3. The first-order valence-corrected chi connectivity index (χ1v) is 12.1. The van der Waals surface area contributed by atoms with E-state index in [1.807, 2.05) is 18.2 Å². The third kappa shape index (κ3) is 9.68. The number of rotatable bonds is 16. The molecular weight excluding hydrogens is 402 g/mol. The number of hydrogen-bond donors (Lipinski definition) is 2. The number of ether oxygens (including phenoxy) is 1. The van der Waals surface area contributed by atoms with Crippen LogP contribution >= 0.6 is 0 Å². The number of carboxylic acid groups (broad SMARTS) is 1. The maximum atomic E-state index is 10.7. The molecule has 0 bridgehead atoms. The Bertz CT molecular complexity index is 703. The van der Waals surface area contributed by atoms with Gasteiger partial charge in [0.25, 0.3) is 0 Å². The second-order valence-corrected chi connectivity index (χ2v) is 8.88. The van der Waals surface area contributed by atoms with Gasteiger partial charge in [-0.3, -0.25) is 9.69 Å². The van der Waals surface area contributed by atoms with Crippen molar-refractivity contribution in [2.24, 2.45) is 5.92 Å². The molecule has 1 aromatic rings. The fraction of sp³-hybridized carbons (Fsp3) is 0.593. The molecule has 1 aliphatic rings. The van der Waals surface area contributed by atoms with E-state index in [0.29, 0.717) is 19.6 Å². The summed E-state index contributed by atoms with van der Waals surface area (Å²) >= 11 is 0. The van der Waals surface area contributed by atoms with Crippen LogP contribution in [-0.4, -0.2) is 52.9 Å². The molecule has 1 aliphatic carbocycles. The van der Waals surface area contributed by atoms with Crippen molar-refractivity contribution in [2.45, 2.75) is 83.1 Å². The second kappa shape index (κ2) is 15.0. The molecule has 5 nitrogen and oxygen atoms in total. The van der Waals surface area contributed by atoms with Crippen LogP contribution in [0.3, 0.4) is 0 Å². The average Bonchev–Trinajstić information content (AvgIpc) is 3.18. The van der Waals surface area contributed by atoms with E-state index in [-0.39, 0.29) is 30.6 Å². The first-order chi connectivity index (χ1) is 15.5. The molecule has 0 fully saturated rings. The van der Waals surface area contributed by atoms with Crippen LogP contribution in [0, 0.1) is 5.92 Å². The molecule has 0 aromatic heterocycles. The molecule has 1 unspecified atom stereocenters. The zero-order valence-corrected chi connectivity index (χ0v) is 19.7. The van der Waals surface area contributed by atoms with Gasteiger partial charge in [-0.2, -0.15) is 0 Å². The summed E-state index contributed by atoms with van der Waals surface area (Å²) in [6.45, 7) is 3.41. The van der Waals surface area contributed by atoms with Crippen LogP contribution in [0.1, 0.15) is 63.9 Å². The average molecular weight is 444 g/mol. The van der Waals surface area contributed by atoms with Crippen molar-refractivity contribution in [3.63, 3.8) is 0 Å². The van der Waals surface area contributed by atoms with E-state index >= 15 is 0 Å². The van der Waals surface area contributed by atoms with E-state index in [1.54, 1.807) is 0 Å². The van der Waals surface area contributed by atoms with Crippen molar-refractivity contribution >= 4 is 5.97 Å². The molecule has 0 aliphatic heterocycles. The van der Waals surface area contributed by atoms with Gasteiger partial charge in [-0.25, -0.2) is 0 Å². The molecule has 178 valence electrons. The SMILES string of the molecule is CCCCCC(O)CN(C)[C@H]1C=C[C@H](OCc2ccccc2)[C@@H]1C/C=C\CCCC(=O)O. The number of benzene rings is 1. The summed E-state index contributed by atoms with van der Waals surface area (Å²) in [6, 6.07) is 10.4. The molecule has 2 rings (SSSR count). The summed E-state index contributed by atoms with van der Waals surface area (Å²) in [6.07, 6.45) is 15.1. The van der Waals surface area contributed by atoms with Gasteiger partial charge in [0.2, 0.25) is 0 Å². The quantitative estimate of drug-likeness (QED) is 0.271. The Hall–Kier alpha value is -1.95. The Morgan fingerprint density at radius 1 is 1.16 bits per heavy atom. The van der Waals surface area contributed by atoms with E-state index in [0.717, 1.165) is 44.1 Å². The van der Waals surface area contributed by atoms with Crippen LogP contribution in [0.25, 0.3) is 0 Å². The lowest BCUT2D eigenvalue weighted by molar-refractivity contribution is -0.137. The van der Waals surface area contributed by atoms with E-state index < -0.39 is 5.97 Å². The standard InChI is InChI=1S/C27H41NO4/c1-3-4-8-15-23(29)20-28(2)25-18-19-26(32-21-22-13-9-7-10-14-22)24(25)16-11-5-6-12-17-27(30)31/h5,7,9-11,13-14,18-19,23-26,29H,3-4,6,8,12,15-17,20-21H2,1-2H3,(H,30,31)/b11-5-/t23?,24-,25+,26+/m1/s1. The molecule has 0 radical (unpaired) electrons. The summed E-state index contributed by atoms with van der Waals surface area (Å²) in [7, 11) is 2.08. The minimum Gasteiger partial charge on any atom is -0.481 e. The van der Waals surface area contributed by atoms with Crippen LogP contribution < -0.4 is 0 Å². The van der Waals surface area contributed by atoms with Crippen LogP contribution in [0.2, 0.25) is 0 Å². The molecule has 1 aromatic carbocycles. The molecule has 2 N–H and O–H groups in total. The van der Waals surface area contributed by atoms with Gasteiger partial charge in [0.1, 0.15) is 0 Å². The molecule has 0 amide bonds. The van der Waals surface area contributed by atoms with Crippen LogP contribution in [0.15, 0.2) is 54.6 Å². The van der Waals surface area contributed by atoms with Gasteiger partial charge in [-0.05, 0) is 38.3 Å². The number of hydrogen-bond acceptors (Lipinski definition) is 4. The predicted octanol–water partition coefficient (Wildman–Crippen LogP) is 5.20. The van der Waals surface area contributed by atoms with E-state index in [1.165, 1.54) is 0 Å². The maximum Gasteiger partial charge on any atom is 0.303 e. The van der Waals surface area contributed by atoms with Crippen molar-refractivity contribution in [1.82, 2.24) is 4.90 Å². The third-order valence-electron chi connectivity index (χ3n) is 6.13. The molecule has 0 heterocycles. The number of unbranched alkanes of at least 4 members (excludes halogenated alkanes) is 3. The van der Waals surface area contributed by atoms with Crippen LogP contribution in [0.5, 0.6) is 0 Å². The van der Waals surface area contributed by atoms with E-state index in [9.17, 15) is 9.90 Å². The number of likely N-dealkylation sites (N-methyl/N-ethyl adjacent to an activating group) is 1. The molecule has 4 atom stereocenters. The molecule has 0 saturated carbocycles. The smallest absolute Gasteiger partial charge is 0.303 e. The lowest BCUT2D eigenvalue weighted by Crippen LogP contribution is -2.42. The highest BCUT2D eigenvalue weighted by Gasteiger charge is 2.34. The number of aliphatic carboxylic acids is 1. The zero-order chi connectivity index (χ0) is 23.2. The topological polar surface area (TPSA) is 70.0 Å². The number of allylic oxidation sites excluding steroid dienone is 2. The fourth-order valence-corrected chi connectivity index (χ4v) is 4.31. The minimum atomic E-state index is -0.744. The van der Waals surface area contributed by atoms with E-state index in [4.69, 9.17) is 9.84 Å². The van der Waals surface area contributed by atoms with Crippen LogP contribution in [0.4, 0.5) is 0 Å². The number of nitrogens with zero attached hydrogens (tertiary/aromatic N) is 1. The fourth-order valence-electron chi connectivity index (χ4n) is 4.31. The molecular formula is C27H41NO4.